The first-order valence-electron chi connectivity index (χ1n) is 7.37. The molecule has 3 N–H and O–H groups in total. The standard InChI is InChI=1S/C16H20N2OS2/c17-10-11-4-1-5-12(11)16(19)18-15(13-6-2-8-20-13)14-7-3-9-21-14/h2-3,6-9,11-12,15H,1,4-5,10,17H2,(H,18,19)/t11-,12-/m1/s1. The Morgan fingerprint density at radius 2 is 1.90 bits per heavy atom. The van der Waals surface area contributed by atoms with Gasteiger partial charge in [0.15, 0.2) is 0 Å². The first-order chi connectivity index (χ1) is 10.3. The first kappa shape index (κ1) is 14.8. The molecule has 0 radical (unpaired) electrons. The number of carbonyl (C=O) groups excluding carboxylic acids is 1. The molecule has 0 unspecified atom stereocenters. The van der Waals surface area contributed by atoms with Crippen LogP contribution in [0.3, 0.4) is 0 Å². The van der Waals surface area contributed by atoms with Gasteiger partial charge in [-0.15, -0.1) is 22.7 Å². The topological polar surface area (TPSA) is 55.1 Å². The highest BCUT2D eigenvalue weighted by Gasteiger charge is 2.33. The molecule has 2 heterocycles. The van der Waals surface area contributed by atoms with Gasteiger partial charge in [-0.25, -0.2) is 0 Å². The lowest BCUT2D eigenvalue weighted by Crippen LogP contribution is -2.37. The number of thiophene rings is 2. The fourth-order valence-electron chi connectivity index (χ4n) is 3.11. The maximum Gasteiger partial charge on any atom is 0.224 e. The molecule has 5 heteroatoms. The molecular formula is C16H20N2OS2. The quantitative estimate of drug-likeness (QED) is 0.887. The summed E-state index contributed by atoms with van der Waals surface area (Å²) in [5.41, 5.74) is 5.81. The van der Waals surface area contributed by atoms with Crippen LogP contribution in [0.25, 0.3) is 0 Å². The van der Waals surface area contributed by atoms with Gasteiger partial charge in [-0.2, -0.15) is 0 Å². The van der Waals surface area contributed by atoms with E-state index in [1.807, 2.05) is 12.1 Å². The predicted molar refractivity (Wildman–Crippen MR) is 88.5 cm³/mol. The summed E-state index contributed by atoms with van der Waals surface area (Å²) in [6.07, 6.45) is 3.16. The number of rotatable bonds is 5. The van der Waals surface area contributed by atoms with Crippen LogP contribution in [0.15, 0.2) is 35.0 Å². The molecule has 2 atom stereocenters. The Balaban J connectivity index is 1.77. The molecule has 0 saturated heterocycles. The Morgan fingerprint density at radius 1 is 1.24 bits per heavy atom. The van der Waals surface area contributed by atoms with Gasteiger partial charge in [-0.1, -0.05) is 18.6 Å². The van der Waals surface area contributed by atoms with Crippen molar-refractivity contribution in [2.45, 2.75) is 25.3 Å². The van der Waals surface area contributed by atoms with E-state index < -0.39 is 0 Å². The van der Waals surface area contributed by atoms with Gasteiger partial charge in [0.2, 0.25) is 5.91 Å². The third-order valence-electron chi connectivity index (χ3n) is 4.24. The molecule has 1 aliphatic rings. The second-order valence-electron chi connectivity index (χ2n) is 5.51. The predicted octanol–water partition coefficient (Wildman–Crippen LogP) is 3.39. The van der Waals surface area contributed by atoms with E-state index in [4.69, 9.17) is 5.73 Å². The molecule has 3 nitrogen and oxygen atoms in total. The van der Waals surface area contributed by atoms with Gasteiger partial charge in [-0.3, -0.25) is 4.79 Å². The molecular weight excluding hydrogens is 300 g/mol. The molecule has 1 aliphatic carbocycles. The number of hydrogen-bond acceptors (Lipinski definition) is 4. The van der Waals surface area contributed by atoms with E-state index in [0.29, 0.717) is 12.5 Å². The lowest BCUT2D eigenvalue weighted by molar-refractivity contribution is -0.126. The van der Waals surface area contributed by atoms with E-state index >= 15 is 0 Å². The molecule has 1 amide bonds. The van der Waals surface area contributed by atoms with Gasteiger partial charge >= 0.3 is 0 Å². The maximum absolute atomic E-state index is 12.7. The van der Waals surface area contributed by atoms with Gasteiger partial charge in [0, 0.05) is 15.7 Å². The SMILES string of the molecule is NC[C@H]1CCC[C@H]1C(=O)NC(c1cccs1)c1cccs1. The van der Waals surface area contributed by atoms with E-state index in [-0.39, 0.29) is 17.9 Å². The summed E-state index contributed by atoms with van der Waals surface area (Å²) in [4.78, 5) is 15.0. The van der Waals surface area contributed by atoms with Gasteiger partial charge in [0.1, 0.15) is 0 Å². The number of nitrogens with one attached hydrogen (secondary N) is 1. The zero-order valence-electron chi connectivity index (χ0n) is 11.8. The molecule has 1 fully saturated rings. The van der Waals surface area contributed by atoms with Gasteiger partial charge in [0.25, 0.3) is 0 Å². The molecule has 0 aromatic carbocycles. The minimum atomic E-state index is -0.0171. The van der Waals surface area contributed by atoms with Gasteiger partial charge < -0.3 is 11.1 Å². The molecule has 0 aliphatic heterocycles. The van der Waals surface area contributed by atoms with Crippen molar-refractivity contribution in [3.63, 3.8) is 0 Å². The van der Waals surface area contributed by atoms with Crippen LogP contribution in [0, 0.1) is 11.8 Å². The molecule has 21 heavy (non-hydrogen) atoms. The molecule has 2 aromatic heterocycles. The average molecular weight is 320 g/mol. The number of amides is 1. The number of carbonyl (C=O) groups is 1. The lowest BCUT2D eigenvalue weighted by Gasteiger charge is -2.22. The van der Waals surface area contributed by atoms with Crippen molar-refractivity contribution in [1.82, 2.24) is 5.32 Å². The smallest absolute Gasteiger partial charge is 0.224 e. The van der Waals surface area contributed by atoms with Crippen LogP contribution in [-0.2, 0) is 4.79 Å². The second-order valence-corrected chi connectivity index (χ2v) is 7.46. The van der Waals surface area contributed by atoms with Crippen LogP contribution in [0.2, 0.25) is 0 Å². The van der Waals surface area contributed by atoms with Crippen LogP contribution in [0.5, 0.6) is 0 Å². The zero-order valence-corrected chi connectivity index (χ0v) is 13.5. The van der Waals surface area contributed by atoms with E-state index in [2.05, 4.69) is 28.2 Å². The Bertz CT molecular complexity index is 531. The van der Waals surface area contributed by atoms with Crippen molar-refractivity contribution < 1.29 is 4.79 Å². The Hall–Kier alpha value is -1.17. The summed E-state index contributed by atoms with van der Waals surface area (Å²) < 4.78 is 0. The molecule has 3 rings (SSSR count). The van der Waals surface area contributed by atoms with E-state index in [1.54, 1.807) is 22.7 Å². The minimum absolute atomic E-state index is 0.0171. The highest BCUT2D eigenvalue weighted by atomic mass is 32.1. The average Bonchev–Trinajstić information content (AvgIpc) is 3.26. The fraction of sp³-hybridized carbons (Fsp3) is 0.438. The largest absolute Gasteiger partial charge is 0.343 e. The van der Waals surface area contributed by atoms with Crippen molar-refractivity contribution in [3.05, 3.63) is 44.8 Å². The maximum atomic E-state index is 12.7. The number of hydrogen-bond donors (Lipinski definition) is 2. The Labute approximate surface area is 133 Å². The third kappa shape index (κ3) is 3.20. The van der Waals surface area contributed by atoms with Crippen LogP contribution in [0.4, 0.5) is 0 Å². The first-order valence-corrected chi connectivity index (χ1v) is 9.12. The van der Waals surface area contributed by atoms with Gasteiger partial charge in [0.05, 0.1) is 6.04 Å². The Kier molecular flexibility index (Phi) is 4.73. The van der Waals surface area contributed by atoms with Crippen LogP contribution >= 0.6 is 22.7 Å². The molecule has 0 spiro atoms. The summed E-state index contributed by atoms with van der Waals surface area (Å²) in [5.74, 6) is 0.587. The monoisotopic (exact) mass is 320 g/mol. The van der Waals surface area contributed by atoms with E-state index in [1.165, 1.54) is 9.75 Å². The van der Waals surface area contributed by atoms with Crippen molar-refractivity contribution >= 4 is 28.6 Å². The van der Waals surface area contributed by atoms with E-state index in [9.17, 15) is 4.79 Å². The second kappa shape index (κ2) is 6.73. The molecule has 0 bridgehead atoms. The summed E-state index contributed by atoms with van der Waals surface area (Å²) in [5, 5.41) is 7.37. The van der Waals surface area contributed by atoms with Crippen LogP contribution < -0.4 is 11.1 Å². The number of nitrogens with two attached hydrogens (primary N) is 1. The van der Waals surface area contributed by atoms with Crippen molar-refractivity contribution in [3.8, 4) is 0 Å². The van der Waals surface area contributed by atoms with Crippen molar-refractivity contribution in [2.75, 3.05) is 6.54 Å². The van der Waals surface area contributed by atoms with E-state index in [0.717, 1.165) is 19.3 Å². The minimum Gasteiger partial charge on any atom is -0.343 e. The van der Waals surface area contributed by atoms with Crippen molar-refractivity contribution in [1.29, 1.82) is 0 Å². The molecule has 1 saturated carbocycles. The molecule has 112 valence electrons. The van der Waals surface area contributed by atoms with Crippen LogP contribution in [-0.4, -0.2) is 12.5 Å². The highest BCUT2D eigenvalue weighted by Crippen LogP contribution is 2.34. The highest BCUT2D eigenvalue weighted by molar-refractivity contribution is 7.11. The fourth-order valence-corrected chi connectivity index (χ4v) is 4.77. The summed E-state index contributed by atoms with van der Waals surface area (Å²) in [6, 6.07) is 8.22. The summed E-state index contributed by atoms with van der Waals surface area (Å²) in [6.45, 7) is 0.612. The Morgan fingerprint density at radius 3 is 2.43 bits per heavy atom. The summed E-state index contributed by atoms with van der Waals surface area (Å²) >= 11 is 3.38. The normalized spacial score (nSPS) is 21.8. The van der Waals surface area contributed by atoms with Crippen molar-refractivity contribution in [2.24, 2.45) is 17.6 Å². The van der Waals surface area contributed by atoms with Gasteiger partial charge in [-0.05, 0) is 48.2 Å². The third-order valence-corrected chi connectivity index (χ3v) is 6.11. The molecule has 2 aromatic rings. The zero-order chi connectivity index (χ0) is 14.7. The lowest BCUT2D eigenvalue weighted by atomic mass is 9.95. The van der Waals surface area contributed by atoms with Crippen LogP contribution in [0.1, 0.15) is 35.1 Å². The summed E-state index contributed by atoms with van der Waals surface area (Å²) in [7, 11) is 0.